The van der Waals surface area contributed by atoms with Crippen molar-refractivity contribution in [3.8, 4) is 0 Å². The fourth-order valence-electron chi connectivity index (χ4n) is 1.02. The van der Waals surface area contributed by atoms with Crippen LogP contribution in [0.15, 0.2) is 0 Å². The molecule has 1 atom stereocenters. The fraction of sp³-hybridized carbons (Fsp3) is 0.900. The fourth-order valence-corrected chi connectivity index (χ4v) is 2.77. The molecule has 0 aromatic heterocycles. The zero-order valence-corrected chi connectivity index (χ0v) is 11.6. The summed E-state index contributed by atoms with van der Waals surface area (Å²) < 4.78 is 25.0. The highest BCUT2D eigenvalue weighted by Crippen LogP contribution is 2.20. The SMILES string of the molecule is CC(C(=N)N)N(C)S(=O)(=O)CCC(C)(C)C. The summed E-state index contributed by atoms with van der Waals surface area (Å²) in [5.74, 6) is -0.0493. The second-order valence-corrected chi connectivity index (χ2v) is 7.42. The van der Waals surface area contributed by atoms with Crippen molar-refractivity contribution in [2.45, 2.75) is 40.2 Å². The molecule has 0 saturated heterocycles. The molecule has 0 amide bonds. The molecule has 0 aliphatic heterocycles. The standard InChI is InChI=1S/C10H23N3O2S/c1-8(9(11)12)13(5)16(14,15)7-6-10(2,3)4/h8H,6-7H2,1-5H3,(H3,11,12). The van der Waals surface area contributed by atoms with Crippen molar-refractivity contribution in [2.24, 2.45) is 11.1 Å². The van der Waals surface area contributed by atoms with Crippen LogP contribution in [0.4, 0.5) is 0 Å². The number of nitrogens with zero attached hydrogens (tertiary/aromatic N) is 1. The largest absolute Gasteiger partial charge is 0.386 e. The summed E-state index contributed by atoms with van der Waals surface area (Å²) in [7, 11) is -1.86. The molecule has 0 radical (unpaired) electrons. The molecule has 6 heteroatoms. The first-order valence-electron chi connectivity index (χ1n) is 5.27. The Kier molecular flexibility index (Phi) is 4.94. The number of hydrogen-bond acceptors (Lipinski definition) is 3. The van der Waals surface area contributed by atoms with Crippen molar-refractivity contribution in [3.63, 3.8) is 0 Å². The van der Waals surface area contributed by atoms with Gasteiger partial charge in [-0.25, -0.2) is 8.42 Å². The van der Waals surface area contributed by atoms with Gasteiger partial charge in [-0.05, 0) is 18.8 Å². The van der Waals surface area contributed by atoms with Gasteiger partial charge in [0.1, 0.15) is 5.84 Å². The summed E-state index contributed by atoms with van der Waals surface area (Å²) in [5, 5.41) is 7.24. The van der Waals surface area contributed by atoms with Crippen molar-refractivity contribution >= 4 is 15.9 Å². The minimum absolute atomic E-state index is 0.0205. The lowest BCUT2D eigenvalue weighted by Crippen LogP contribution is -2.44. The first-order chi connectivity index (χ1) is 6.97. The van der Waals surface area contributed by atoms with Gasteiger partial charge >= 0.3 is 0 Å². The maximum atomic E-state index is 11.9. The average Bonchev–Trinajstić information content (AvgIpc) is 2.11. The first kappa shape index (κ1) is 15.4. The Morgan fingerprint density at radius 1 is 1.44 bits per heavy atom. The van der Waals surface area contributed by atoms with Crippen LogP contribution in [0, 0.1) is 10.8 Å². The summed E-state index contributed by atoms with van der Waals surface area (Å²) in [6, 6.07) is -0.579. The third-order valence-corrected chi connectivity index (χ3v) is 4.46. The lowest BCUT2D eigenvalue weighted by Gasteiger charge is -2.25. The second kappa shape index (κ2) is 5.14. The van der Waals surface area contributed by atoms with Crippen LogP contribution >= 0.6 is 0 Å². The molecule has 0 aliphatic carbocycles. The van der Waals surface area contributed by atoms with Gasteiger partial charge in [0.25, 0.3) is 0 Å². The highest BCUT2D eigenvalue weighted by Gasteiger charge is 2.26. The molecule has 0 aliphatic rings. The normalized spacial score (nSPS) is 15.1. The summed E-state index contributed by atoms with van der Waals surface area (Å²) >= 11 is 0. The topological polar surface area (TPSA) is 87.2 Å². The molecule has 0 rings (SSSR count). The van der Waals surface area contributed by atoms with Crippen molar-refractivity contribution in [1.29, 1.82) is 5.41 Å². The number of sulfonamides is 1. The molecule has 5 nitrogen and oxygen atoms in total. The molecule has 1 unspecified atom stereocenters. The number of nitrogens with one attached hydrogen (secondary N) is 1. The highest BCUT2D eigenvalue weighted by molar-refractivity contribution is 7.89. The highest BCUT2D eigenvalue weighted by atomic mass is 32.2. The van der Waals surface area contributed by atoms with E-state index in [4.69, 9.17) is 11.1 Å². The van der Waals surface area contributed by atoms with E-state index < -0.39 is 16.1 Å². The van der Waals surface area contributed by atoms with Crippen molar-refractivity contribution in [2.75, 3.05) is 12.8 Å². The van der Waals surface area contributed by atoms with Crippen LogP contribution in [-0.2, 0) is 10.0 Å². The van der Waals surface area contributed by atoms with E-state index in [0.29, 0.717) is 6.42 Å². The van der Waals surface area contributed by atoms with Gasteiger partial charge < -0.3 is 5.73 Å². The first-order valence-corrected chi connectivity index (χ1v) is 6.88. The van der Waals surface area contributed by atoms with Gasteiger partial charge in [0.05, 0.1) is 11.8 Å². The number of hydrogen-bond donors (Lipinski definition) is 2. The Bertz CT molecular complexity index is 344. The van der Waals surface area contributed by atoms with Gasteiger partial charge in [-0.1, -0.05) is 20.8 Å². The molecule has 0 aromatic carbocycles. The van der Waals surface area contributed by atoms with E-state index in [2.05, 4.69) is 0 Å². The summed E-state index contributed by atoms with van der Waals surface area (Å²) in [6.45, 7) is 7.60. The molecule has 0 fully saturated rings. The average molecular weight is 249 g/mol. The van der Waals surface area contributed by atoms with E-state index in [1.807, 2.05) is 20.8 Å². The molecule has 0 heterocycles. The van der Waals surface area contributed by atoms with Crippen LogP contribution in [0.3, 0.4) is 0 Å². The molecule has 0 spiro atoms. The van der Waals surface area contributed by atoms with Gasteiger partial charge in [-0.15, -0.1) is 0 Å². The summed E-state index contributed by atoms with van der Waals surface area (Å²) in [6.07, 6.45) is 0.588. The molecular formula is C10H23N3O2S. The van der Waals surface area contributed by atoms with E-state index in [1.54, 1.807) is 6.92 Å². The minimum atomic E-state index is -3.33. The molecular weight excluding hydrogens is 226 g/mol. The molecule has 0 aromatic rings. The number of likely N-dealkylation sites (N-methyl/N-ethyl adjacent to an activating group) is 1. The summed E-state index contributed by atoms with van der Waals surface area (Å²) in [4.78, 5) is 0. The van der Waals surface area contributed by atoms with Gasteiger partial charge in [0, 0.05) is 7.05 Å². The predicted molar refractivity (Wildman–Crippen MR) is 67.0 cm³/mol. The Balaban J connectivity index is 4.62. The Labute approximate surface area is 98.6 Å². The predicted octanol–water partition coefficient (Wildman–Crippen LogP) is 1.01. The second-order valence-electron chi connectivity index (χ2n) is 5.27. The number of amidine groups is 1. The van der Waals surface area contributed by atoms with Crippen molar-refractivity contribution in [1.82, 2.24) is 4.31 Å². The van der Waals surface area contributed by atoms with Crippen LogP contribution in [0.25, 0.3) is 0 Å². The van der Waals surface area contributed by atoms with Gasteiger partial charge in [-0.3, -0.25) is 5.41 Å². The molecule has 0 saturated carbocycles. The van der Waals surface area contributed by atoms with Crippen LogP contribution in [-0.4, -0.2) is 37.4 Å². The molecule has 0 bridgehead atoms. The third-order valence-electron chi connectivity index (χ3n) is 2.54. The van der Waals surface area contributed by atoms with Crippen LogP contribution in [0.2, 0.25) is 0 Å². The van der Waals surface area contributed by atoms with E-state index in [0.717, 1.165) is 0 Å². The molecule has 3 N–H and O–H groups in total. The molecule has 16 heavy (non-hydrogen) atoms. The van der Waals surface area contributed by atoms with Crippen molar-refractivity contribution in [3.05, 3.63) is 0 Å². The van der Waals surface area contributed by atoms with Crippen LogP contribution in [0.1, 0.15) is 34.1 Å². The van der Waals surface area contributed by atoms with Crippen LogP contribution in [0.5, 0.6) is 0 Å². The van der Waals surface area contributed by atoms with E-state index in [-0.39, 0.29) is 17.0 Å². The number of nitrogens with two attached hydrogens (primary N) is 1. The van der Waals surface area contributed by atoms with Crippen molar-refractivity contribution < 1.29 is 8.42 Å². The summed E-state index contributed by atoms with van der Waals surface area (Å²) in [5.41, 5.74) is 5.27. The third kappa shape index (κ3) is 4.94. The lowest BCUT2D eigenvalue weighted by atomic mass is 9.94. The van der Waals surface area contributed by atoms with E-state index in [1.165, 1.54) is 11.4 Å². The quantitative estimate of drug-likeness (QED) is 0.563. The number of rotatable bonds is 5. The maximum absolute atomic E-state index is 11.9. The zero-order valence-electron chi connectivity index (χ0n) is 10.7. The minimum Gasteiger partial charge on any atom is -0.386 e. The lowest BCUT2D eigenvalue weighted by molar-refractivity contribution is 0.386. The van der Waals surface area contributed by atoms with Gasteiger partial charge in [0.15, 0.2) is 0 Å². The molecule has 96 valence electrons. The maximum Gasteiger partial charge on any atom is 0.214 e. The smallest absolute Gasteiger partial charge is 0.214 e. The Hall–Kier alpha value is -0.620. The monoisotopic (exact) mass is 249 g/mol. The van der Waals surface area contributed by atoms with E-state index in [9.17, 15) is 8.42 Å². The Morgan fingerprint density at radius 3 is 2.19 bits per heavy atom. The van der Waals surface area contributed by atoms with Gasteiger partial charge in [-0.2, -0.15) is 4.31 Å². The Morgan fingerprint density at radius 2 is 1.88 bits per heavy atom. The van der Waals surface area contributed by atoms with Gasteiger partial charge in [0.2, 0.25) is 10.0 Å². The van der Waals surface area contributed by atoms with E-state index >= 15 is 0 Å². The zero-order chi connectivity index (χ0) is 13.1. The van der Waals surface area contributed by atoms with Crippen LogP contribution < -0.4 is 5.73 Å².